The van der Waals surface area contributed by atoms with Gasteiger partial charge in [-0.2, -0.15) is 0 Å². The van der Waals surface area contributed by atoms with Gasteiger partial charge >= 0.3 is 0 Å². The first-order chi connectivity index (χ1) is 8.86. The number of aryl methyl sites for hydroxylation is 1. The van der Waals surface area contributed by atoms with Gasteiger partial charge in [0.05, 0.1) is 6.61 Å². The van der Waals surface area contributed by atoms with Crippen molar-refractivity contribution in [2.45, 2.75) is 52.2 Å². The average Bonchev–Trinajstić information content (AvgIpc) is 2.77. The first-order valence-electron chi connectivity index (χ1n) is 6.90. The lowest BCUT2D eigenvalue weighted by molar-refractivity contribution is 0.283. The van der Waals surface area contributed by atoms with E-state index in [9.17, 15) is 5.11 Å². The zero-order valence-electron chi connectivity index (χ0n) is 11.1. The Morgan fingerprint density at radius 2 is 2.06 bits per heavy atom. The van der Waals surface area contributed by atoms with Crippen molar-refractivity contribution in [3.63, 3.8) is 0 Å². The Morgan fingerprint density at radius 1 is 1.22 bits per heavy atom. The first-order valence-corrected chi connectivity index (χ1v) is 6.90. The molecule has 2 heterocycles. The van der Waals surface area contributed by atoms with Gasteiger partial charge in [-0.1, -0.05) is 32.6 Å². The maximum Gasteiger partial charge on any atom is 0.140 e. The maximum atomic E-state index is 9.35. The Kier molecular flexibility index (Phi) is 4.76. The van der Waals surface area contributed by atoms with E-state index in [1.54, 1.807) is 0 Å². The smallest absolute Gasteiger partial charge is 0.140 e. The van der Waals surface area contributed by atoms with E-state index in [4.69, 9.17) is 0 Å². The average molecular weight is 246 g/mol. The Labute approximate surface area is 108 Å². The van der Waals surface area contributed by atoms with E-state index in [0.29, 0.717) is 0 Å². The fraction of sp³-hybridized carbons (Fsp3) is 0.533. The molecule has 0 fully saturated rings. The number of rotatable bonds is 7. The highest BCUT2D eigenvalue weighted by Crippen LogP contribution is 2.20. The van der Waals surface area contributed by atoms with E-state index < -0.39 is 0 Å². The number of aliphatic hydroxyl groups is 1. The molecule has 0 aliphatic carbocycles. The molecule has 0 aromatic carbocycles. The molecule has 2 aromatic rings. The summed E-state index contributed by atoms with van der Waals surface area (Å²) in [6.07, 6.45) is 10.2. The molecule has 0 saturated heterocycles. The van der Waals surface area contributed by atoms with E-state index in [-0.39, 0.29) is 6.61 Å². The van der Waals surface area contributed by atoms with Crippen LogP contribution in [-0.4, -0.2) is 14.7 Å². The number of fused-ring (bicyclic) bond motifs is 1. The summed E-state index contributed by atoms with van der Waals surface area (Å²) >= 11 is 0. The zero-order chi connectivity index (χ0) is 12.8. The molecular weight excluding hydrogens is 224 g/mol. The minimum Gasteiger partial charge on any atom is -0.392 e. The van der Waals surface area contributed by atoms with Crippen LogP contribution in [0.5, 0.6) is 0 Å². The fourth-order valence-electron chi connectivity index (χ4n) is 2.38. The number of pyridine rings is 1. The van der Waals surface area contributed by atoms with E-state index in [2.05, 4.69) is 16.5 Å². The Balaban J connectivity index is 2.04. The lowest BCUT2D eigenvalue weighted by Gasteiger charge is -2.04. The van der Waals surface area contributed by atoms with Crippen molar-refractivity contribution >= 4 is 11.0 Å². The van der Waals surface area contributed by atoms with Crippen LogP contribution in [0.1, 0.15) is 44.6 Å². The number of hydrogen-bond acceptors (Lipinski definition) is 2. The van der Waals surface area contributed by atoms with Gasteiger partial charge in [0, 0.05) is 29.9 Å². The van der Waals surface area contributed by atoms with Crippen LogP contribution in [0.15, 0.2) is 24.5 Å². The summed E-state index contributed by atoms with van der Waals surface area (Å²) in [6, 6.07) is 3.95. The maximum absolute atomic E-state index is 9.35. The molecule has 18 heavy (non-hydrogen) atoms. The number of aliphatic hydroxyl groups excluding tert-OH is 1. The van der Waals surface area contributed by atoms with Gasteiger partial charge in [-0.05, 0) is 18.6 Å². The molecule has 0 radical (unpaired) electrons. The Morgan fingerprint density at radius 3 is 2.83 bits per heavy atom. The minimum atomic E-state index is 0.0883. The van der Waals surface area contributed by atoms with Crippen LogP contribution < -0.4 is 0 Å². The second-order valence-electron chi connectivity index (χ2n) is 4.79. The number of nitrogens with zero attached hydrogens (tertiary/aromatic N) is 2. The van der Waals surface area contributed by atoms with Crippen LogP contribution >= 0.6 is 0 Å². The van der Waals surface area contributed by atoms with Crippen molar-refractivity contribution in [2.75, 3.05) is 0 Å². The van der Waals surface area contributed by atoms with Gasteiger partial charge in [-0.3, -0.25) is 0 Å². The van der Waals surface area contributed by atoms with Crippen molar-refractivity contribution in [1.82, 2.24) is 9.55 Å². The van der Waals surface area contributed by atoms with Crippen molar-refractivity contribution in [3.05, 3.63) is 30.1 Å². The van der Waals surface area contributed by atoms with Gasteiger partial charge in [-0.25, -0.2) is 4.98 Å². The van der Waals surface area contributed by atoms with Crippen molar-refractivity contribution in [2.24, 2.45) is 0 Å². The quantitative estimate of drug-likeness (QED) is 0.759. The van der Waals surface area contributed by atoms with Gasteiger partial charge in [0.2, 0.25) is 0 Å². The highest BCUT2D eigenvalue weighted by atomic mass is 16.3. The summed E-state index contributed by atoms with van der Waals surface area (Å²) in [5.41, 5.74) is 1.98. The van der Waals surface area contributed by atoms with Crippen LogP contribution in [0.25, 0.3) is 11.0 Å². The lowest BCUT2D eigenvalue weighted by atomic mass is 10.1. The minimum absolute atomic E-state index is 0.0883. The van der Waals surface area contributed by atoms with Gasteiger partial charge in [0.25, 0.3) is 0 Å². The normalized spacial score (nSPS) is 11.2. The largest absolute Gasteiger partial charge is 0.392 e. The predicted molar refractivity (Wildman–Crippen MR) is 74.4 cm³/mol. The first kappa shape index (κ1) is 13.1. The van der Waals surface area contributed by atoms with E-state index >= 15 is 0 Å². The third kappa shape index (κ3) is 2.91. The monoisotopic (exact) mass is 246 g/mol. The second kappa shape index (κ2) is 6.55. The molecule has 0 saturated carbocycles. The molecular formula is C15H22N2O. The van der Waals surface area contributed by atoms with Crippen LogP contribution in [0.3, 0.4) is 0 Å². The zero-order valence-corrected chi connectivity index (χ0v) is 11.1. The molecule has 0 bridgehead atoms. The molecule has 0 spiro atoms. The van der Waals surface area contributed by atoms with Crippen molar-refractivity contribution < 1.29 is 5.11 Å². The van der Waals surface area contributed by atoms with E-state index in [0.717, 1.165) is 23.1 Å². The molecule has 1 N–H and O–H groups in total. The molecule has 3 nitrogen and oxygen atoms in total. The third-order valence-corrected chi connectivity index (χ3v) is 3.39. The molecule has 98 valence electrons. The predicted octanol–water partition coefficient (Wildman–Crippen LogP) is 3.50. The number of unbranched alkanes of at least 4 members (excludes halogenated alkanes) is 4. The third-order valence-electron chi connectivity index (χ3n) is 3.39. The summed E-state index contributed by atoms with van der Waals surface area (Å²) in [5.74, 6) is 0. The highest BCUT2D eigenvalue weighted by Gasteiger charge is 2.07. The van der Waals surface area contributed by atoms with Crippen LogP contribution in [0.2, 0.25) is 0 Å². The molecule has 0 aliphatic heterocycles. The summed E-state index contributed by atoms with van der Waals surface area (Å²) in [7, 11) is 0. The van der Waals surface area contributed by atoms with Crippen LogP contribution in [-0.2, 0) is 13.2 Å². The van der Waals surface area contributed by atoms with E-state index in [1.165, 1.54) is 32.1 Å². The summed E-state index contributed by atoms with van der Waals surface area (Å²) in [5, 5.41) is 10.4. The van der Waals surface area contributed by atoms with Crippen molar-refractivity contribution in [1.29, 1.82) is 0 Å². The molecule has 3 heteroatoms. The Bertz CT molecular complexity index is 490. The SMILES string of the molecule is CCCCCCCn1cc(CO)c2cccnc21. The molecule has 0 aliphatic rings. The molecule has 0 atom stereocenters. The number of aromatic nitrogens is 2. The highest BCUT2D eigenvalue weighted by molar-refractivity contribution is 5.80. The second-order valence-corrected chi connectivity index (χ2v) is 4.79. The van der Waals surface area contributed by atoms with Gasteiger partial charge in [0.1, 0.15) is 5.65 Å². The summed E-state index contributed by atoms with van der Waals surface area (Å²) in [4.78, 5) is 4.42. The van der Waals surface area contributed by atoms with Gasteiger partial charge in [0.15, 0.2) is 0 Å². The molecule has 0 unspecified atom stereocenters. The summed E-state index contributed by atoms with van der Waals surface area (Å²) < 4.78 is 2.17. The van der Waals surface area contributed by atoms with Gasteiger partial charge < -0.3 is 9.67 Å². The molecule has 0 amide bonds. The number of hydrogen-bond donors (Lipinski definition) is 1. The van der Waals surface area contributed by atoms with Gasteiger partial charge in [-0.15, -0.1) is 0 Å². The van der Waals surface area contributed by atoms with E-state index in [1.807, 2.05) is 24.5 Å². The van der Waals surface area contributed by atoms with Crippen molar-refractivity contribution in [3.8, 4) is 0 Å². The topological polar surface area (TPSA) is 38.0 Å². The van der Waals surface area contributed by atoms with Crippen LogP contribution in [0.4, 0.5) is 0 Å². The standard InChI is InChI=1S/C15H22N2O/c1-2-3-4-5-6-10-17-11-13(12-18)14-8-7-9-16-15(14)17/h7-9,11,18H,2-6,10,12H2,1H3. The summed E-state index contributed by atoms with van der Waals surface area (Å²) in [6.45, 7) is 3.32. The lowest BCUT2D eigenvalue weighted by Crippen LogP contribution is -1.97. The molecule has 2 aromatic heterocycles. The fourth-order valence-corrected chi connectivity index (χ4v) is 2.38. The Hall–Kier alpha value is -1.35. The van der Waals surface area contributed by atoms with Crippen LogP contribution in [0, 0.1) is 0 Å². The molecule has 2 rings (SSSR count).